The van der Waals surface area contributed by atoms with Gasteiger partial charge in [0.2, 0.25) is 0 Å². The van der Waals surface area contributed by atoms with E-state index in [-0.39, 0.29) is 12.2 Å². The first kappa shape index (κ1) is 21.0. The predicted molar refractivity (Wildman–Crippen MR) is 106 cm³/mol. The summed E-state index contributed by atoms with van der Waals surface area (Å²) in [4.78, 5) is 29.2. The Morgan fingerprint density at radius 3 is 2.11 bits per heavy atom. The zero-order valence-electron chi connectivity index (χ0n) is 15.5. The summed E-state index contributed by atoms with van der Waals surface area (Å²) in [5, 5.41) is 3.63. The van der Waals surface area contributed by atoms with E-state index in [1.807, 2.05) is 0 Å². The number of esters is 2. The van der Waals surface area contributed by atoms with Crippen molar-refractivity contribution in [3.8, 4) is 0 Å². The van der Waals surface area contributed by atoms with Gasteiger partial charge in [-0.2, -0.15) is 0 Å². The molecule has 0 aliphatic carbocycles. The number of carbonyl (C=O) groups excluding carboxylic acids is 2. The summed E-state index contributed by atoms with van der Waals surface area (Å²) < 4.78 is 10.7. The highest BCUT2D eigenvalue weighted by Crippen LogP contribution is 2.25. The summed E-state index contributed by atoms with van der Waals surface area (Å²) in [6, 6.07) is 16.9. The third-order valence-corrected chi connectivity index (χ3v) is 3.79. The second-order valence-corrected chi connectivity index (χ2v) is 5.76. The van der Waals surface area contributed by atoms with Crippen LogP contribution >= 0.6 is 0 Å². The zero-order valence-corrected chi connectivity index (χ0v) is 15.5. The van der Waals surface area contributed by atoms with E-state index >= 15 is 0 Å². The molecule has 0 unspecified atom stereocenters. The van der Waals surface area contributed by atoms with Crippen molar-refractivity contribution >= 4 is 26.0 Å². The van der Waals surface area contributed by atoms with Gasteiger partial charge in [0, 0.05) is 18.5 Å². The standard InChI is InChI=1S/C21H20BNO5/c1-15(27-20(24)16-9-5-3-6-10-16)19(22)18(13-14-23-26-2)28-21(25)17-11-7-4-8-12-17/h3-12,14,18-19H,1,13H2,2H3/b23-14+/t18-,19-/m0/s1. The maximum Gasteiger partial charge on any atom is 0.343 e. The van der Waals surface area contributed by atoms with Crippen LogP contribution in [0.25, 0.3) is 0 Å². The van der Waals surface area contributed by atoms with Crippen LogP contribution in [0.5, 0.6) is 0 Å². The minimum atomic E-state index is -0.955. The fourth-order valence-corrected chi connectivity index (χ4v) is 2.30. The first-order chi connectivity index (χ1) is 13.5. The number of rotatable bonds is 9. The van der Waals surface area contributed by atoms with Gasteiger partial charge in [-0.3, -0.25) is 0 Å². The Morgan fingerprint density at radius 1 is 1.04 bits per heavy atom. The first-order valence-corrected chi connectivity index (χ1v) is 8.55. The van der Waals surface area contributed by atoms with Gasteiger partial charge in [-0.1, -0.05) is 48.1 Å². The lowest BCUT2D eigenvalue weighted by Gasteiger charge is -2.24. The summed E-state index contributed by atoms with van der Waals surface area (Å²) in [6.07, 6.45) is 0.701. The molecule has 2 rings (SSSR count). The molecule has 142 valence electrons. The van der Waals surface area contributed by atoms with E-state index in [1.165, 1.54) is 13.3 Å². The monoisotopic (exact) mass is 377 g/mol. The van der Waals surface area contributed by atoms with Gasteiger partial charge in [-0.25, -0.2) is 9.59 Å². The largest absolute Gasteiger partial charge is 0.458 e. The van der Waals surface area contributed by atoms with Gasteiger partial charge >= 0.3 is 11.9 Å². The van der Waals surface area contributed by atoms with E-state index in [9.17, 15) is 9.59 Å². The molecule has 0 heterocycles. The smallest absolute Gasteiger partial charge is 0.343 e. The fourth-order valence-electron chi connectivity index (χ4n) is 2.30. The van der Waals surface area contributed by atoms with E-state index in [1.54, 1.807) is 60.7 Å². The molecular weight excluding hydrogens is 357 g/mol. The molecule has 0 bridgehead atoms. The van der Waals surface area contributed by atoms with E-state index in [2.05, 4.69) is 16.6 Å². The van der Waals surface area contributed by atoms with E-state index in [0.717, 1.165) is 0 Å². The summed E-state index contributed by atoms with van der Waals surface area (Å²) in [6.45, 7) is 3.71. The van der Waals surface area contributed by atoms with Crippen LogP contribution in [-0.4, -0.2) is 39.2 Å². The van der Waals surface area contributed by atoms with Crippen molar-refractivity contribution in [1.29, 1.82) is 0 Å². The van der Waals surface area contributed by atoms with Crippen LogP contribution in [0.2, 0.25) is 5.82 Å². The zero-order chi connectivity index (χ0) is 20.4. The molecule has 0 amide bonds. The second kappa shape index (κ2) is 10.7. The third-order valence-electron chi connectivity index (χ3n) is 3.79. The molecule has 0 aliphatic heterocycles. The number of hydrogen-bond acceptors (Lipinski definition) is 6. The fraction of sp³-hybridized carbons (Fsp3) is 0.190. The van der Waals surface area contributed by atoms with Crippen molar-refractivity contribution in [3.05, 3.63) is 84.1 Å². The van der Waals surface area contributed by atoms with Crippen LogP contribution in [0.15, 0.2) is 78.2 Å². The van der Waals surface area contributed by atoms with Crippen molar-refractivity contribution in [2.45, 2.75) is 18.3 Å². The molecule has 2 aromatic rings. The van der Waals surface area contributed by atoms with E-state index < -0.39 is 23.9 Å². The van der Waals surface area contributed by atoms with Crippen LogP contribution in [0.1, 0.15) is 27.1 Å². The van der Waals surface area contributed by atoms with Crippen molar-refractivity contribution in [2.24, 2.45) is 5.16 Å². The molecule has 7 heteroatoms. The normalized spacial score (nSPS) is 12.8. The summed E-state index contributed by atoms with van der Waals surface area (Å²) in [7, 11) is 7.53. The number of oxime groups is 1. The van der Waals surface area contributed by atoms with Gasteiger partial charge in [0.25, 0.3) is 0 Å². The number of ether oxygens (including phenoxy) is 2. The molecule has 2 atom stereocenters. The Morgan fingerprint density at radius 2 is 1.57 bits per heavy atom. The average Bonchev–Trinajstić information content (AvgIpc) is 2.73. The molecule has 28 heavy (non-hydrogen) atoms. The summed E-state index contributed by atoms with van der Waals surface area (Å²) >= 11 is 0. The summed E-state index contributed by atoms with van der Waals surface area (Å²) in [5.74, 6) is -2.14. The molecule has 0 aromatic heterocycles. The lowest BCUT2D eigenvalue weighted by atomic mass is 9.79. The lowest BCUT2D eigenvalue weighted by Crippen LogP contribution is -2.26. The van der Waals surface area contributed by atoms with Gasteiger partial charge in [0.05, 0.1) is 24.7 Å². The third kappa shape index (κ3) is 6.12. The van der Waals surface area contributed by atoms with Crippen LogP contribution in [0.4, 0.5) is 0 Å². The van der Waals surface area contributed by atoms with Crippen LogP contribution < -0.4 is 0 Å². The Balaban J connectivity index is 2.08. The first-order valence-electron chi connectivity index (χ1n) is 8.55. The van der Waals surface area contributed by atoms with Gasteiger partial charge in [0.15, 0.2) is 0 Å². The summed E-state index contributed by atoms with van der Waals surface area (Å²) in [5.41, 5.74) is 0.727. The maximum absolute atomic E-state index is 12.4. The minimum Gasteiger partial charge on any atom is -0.458 e. The maximum atomic E-state index is 12.4. The molecule has 2 aromatic carbocycles. The van der Waals surface area contributed by atoms with Crippen molar-refractivity contribution < 1.29 is 23.9 Å². The van der Waals surface area contributed by atoms with Crippen LogP contribution in [0, 0.1) is 0 Å². The Labute approximate surface area is 165 Å². The molecule has 0 saturated heterocycles. The molecule has 2 radical (unpaired) electrons. The van der Waals surface area contributed by atoms with Gasteiger partial charge in [-0.05, 0) is 24.3 Å². The van der Waals surface area contributed by atoms with Crippen LogP contribution in [-0.2, 0) is 14.3 Å². The van der Waals surface area contributed by atoms with E-state index in [4.69, 9.17) is 17.3 Å². The molecule has 0 aliphatic rings. The van der Waals surface area contributed by atoms with Gasteiger partial charge in [-0.15, -0.1) is 0 Å². The highest BCUT2D eigenvalue weighted by molar-refractivity contribution is 6.14. The van der Waals surface area contributed by atoms with E-state index in [0.29, 0.717) is 11.1 Å². The number of carbonyl (C=O) groups is 2. The number of benzene rings is 2. The number of nitrogens with zero attached hydrogens (tertiary/aromatic N) is 1. The Hall–Kier alpha value is -3.35. The topological polar surface area (TPSA) is 74.2 Å². The molecule has 6 nitrogen and oxygen atoms in total. The van der Waals surface area contributed by atoms with Crippen molar-refractivity contribution in [2.75, 3.05) is 7.11 Å². The van der Waals surface area contributed by atoms with Crippen LogP contribution in [0.3, 0.4) is 0 Å². The second-order valence-electron chi connectivity index (χ2n) is 5.76. The minimum absolute atomic E-state index is 0.0227. The molecule has 0 fully saturated rings. The molecule has 0 saturated carbocycles. The van der Waals surface area contributed by atoms with Gasteiger partial charge < -0.3 is 14.3 Å². The molecular formula is C21H20BNO5. The highest BCUT2D eigenvalue weighted by Gasteiger charge is 2.26. The Kier molecular flexibility index (Phi) is 8.02. The number of hydrogen-bond donors (Lipinski definition) is 0. The quantitative estimate of drug-likeness (QED) is 0.220. The Bertz CT molecular complexity index is 823. The molecule has 0 spiro atoms. The van der Waals surface area contributed by atoms with Gasteiger partial charge in [0.1, 0.15) is 13.2 Å². The van der Waals surface area contributed by atoms with Crippen molar-refractivity contribution in [1.82, 2.24) is 0 Å². The SMILES string of the molecule is [B][C@@H](C(=C)OC(=O)c1ccccc1)[C@H](C/C=N/OC)OC(=O)c1ccccc1. The predicted octanol–water partition coefficient (Wildman–Crippen LogP) is 3.56. The average molecular weight is 377 g/mol. The molecule has 0 N–H and O–H groups in total. The lowest BCUT2D eigenvalue weighted by molar-refractivity contribution is 0.0281. The van der Waals surface area contributed by atoms with Crippen molar-refractivity contribution in [3.63, 3.8) is 0 Å². The highest BCUT2D eigenvalue weighted by atomic mass is 16.6.